The third kappa shape index (κ3) is 6.48. The van der Waals surface area contributed by atoms with Crippen LogP contribution in [0.25, 0.3) is 0 Å². The van der Waals surface area contributed by atoms with Gasteiger partial charge in [0.05, 0.1) is 11.6 Å². The molecule has 2 heteroatoms. The Balaban J connectivity index is 1.62. The molecule has 1 aliphatic carbocycles. The van der Waals surface area contributed by atoms with Crippen molar-refractivity contribution < 1.29 is 4.74 Å². The summed E-state index contributed by atoms with van der Waals surface area (Å²) >= 11 is 0. The van der Waals surface area contributed by atoms with Crippen LogP contribution in [0.1, 0.15) is 63.9 Å². The van der Waals surface area contributed by atoms with Crippen molar-refractivity contribution in [3.8, 4) is 11.8 Å². The van der Waals surface area contributed by atoms with Crippen molar-refractivity contribution in [2.24, 2.45) is 11.8 Å². The maximum Gasteiger partial charge on any atom is 0.119 e. The highest BCUT2D eigenvalue weighted by Crippen LogP contribution is 2.32. The van der Waals surface area contributed by atoms with Gasteiger partial charge in [-0.3, -0.25) is 0 Å². The van der Waals surface area contributed by atoms with Crippen molar-refractivity contribution in [3.05, 3.63) is 42.0 Å². The second-order valence-electron chi connectivity index (χ2n) is 6.65. The molecule has 0 bridgehead atoms. The standard InChI is InChI=1S/C21H29NO/c1-2-3-4-6-18-8-10-19(11-9-18)7-5-16-23-21-14-12-20(17-22)13-15-21/h5,7,12-15,18-19H,2-4,6,8-11,16H2,1H3/b7-5+. The molecule has 0 N–H and O–H groups in total. The van der Waals surface area contributed by atoms with Crippen LogP contribution in [0.15, 0.2) is 36.4 Å². The number of hydrogen-bond acceptors (Lipinski definition) is 2. The van der Waals surface area contributed by atoms with Gasteiger partial charge in [-0.2, -0.15) is 5.26 Å². The van der Waals surface area contributed by atoms with Crippen LogP contribution < -0.4 is 4.74 Å². The Labute approximate surface area is 141 Å². The summed E-state index contributed by atoms with van der Waals surface area (Å²) in [5.41, 5.74) is 0.670. The second-order valence-corrected chi connectivity index (χ2v) is 6.65. The lowest BCUT2D eigenvalue weighted by Gasteiger charge is -2.26. The minimum Gasteiger partial charge on any atom is -0.490 e. The summed E-state index contributed by atoms with van der Waals surface area (Å²) in [5, 5.41) is 8.76. The van der Waals surface area contributed by atoms with E-state index < -0.39 is 0 Å². The summed E-state index contributed by atoms with van der Waals surface area (Å²) in [5.74, 6) is 2.54. The van der Waals surface area contributed by atoms with E-state index in [-0.39, 0.29) is 0 Å². The number of hydrogen-bond donors (Lipinski definition) is 0. The van der Waals surface area contributed by atoms with E-state index in [0.717, 1.165) is 17.6 Å². The summed E-state index contributed by atoms with van der Waals surface area (Å²) in [6.45, 7) is 2.89. The number of nitriles is 1. The van der Waals surface area contributed by atoms with Gasteiger partial charge in [-0.25, -0.2) is 0 Å². The fourth-order valence-corrected chi connectivity index (χ4v) is 3.37. The molecule has 0 radical (unpaired) electrons. The molecular formula is C21H29NO. The van der Waals surface area contributed by atoms with Gasteiger partial charge in [0.2, 0.25) is 0 Å². The molecule has 1 saturated carbocycles. The molecular weight excluding hydrogens is 282 g/mol. The second kappa shape index (κ2) is 10.1. The zero-order valence-corrected chi connectivity index (χ0v) is 14.3. The molecule has 0 saturated heterocycles. The summed E-state index contributed by atoms with van der Waals surface area (Å²) < 4.78 is 5.69. The van der Waals surface area contributed by atoms with Crippen molar-refractivity contribution in [2.45, 2.75) is 58.3 Å². The van der Waals surface area contributed by atoms with Crippen molar-refractivity contribution in [3.63, 3.8) is 0 Å². The van der Waals surface area contributed by atoms with Crippen LogP contribution in [0.3, 0.4) is 0 Å². The van der Waals surface area contributed by atoms with Gasteiger partial charge in [0.25, 0.3) is 0 Å². The number of rotatable bonds is 8. The number of allylic oxidation sites excluding steroid dienone is 1. The highest BCUT2D eigenvalue weighted by Gasteiger charge is 2.18. The zero-order chi connectivity index (χ0) is 16.3. The van der Waals surface area contributed by atoms with Gasteiger partial charge in [0, 0.05) is 0 Å². The van der Waals surface area contributed by atoms with E-state index in [4.69, 9.17) is 10.00 Å². The molecule has 0 atom stereocenters. The van der Waals surface area contributed by atoms with Crippen LogP contribution in [0.5, 0.6) is 5.75 Å². The van der Waals surface area contributed by atoms with Crippen LogP contribution in [0, 0.1) is 23.2 Å². The van der Waals surface area contributed by atoms with Gasteiger partial charge in [-0.05, 0) is 61.8 Å². The van der Waals surface area contributed by atoms with Gasteiger partial charge in [0.1, 0.15) is 12.4 Å². The fraction of sp³-hybridized carbons (Fsp3) is 0.571. The Morgan fingerprint density at radius 3 is 2.52 bits per heavy atom. The fourth-order valence-electron chi connectivity index (χ4n) is 3.37. The van der Waals surface area contributed by atoms with Crippen LogP contribution >= 0.6 is 0 Å². The van der Waals surface area contributed by atoms with Gasteiger partial charge in [0.15, 0.2) is 0 Å². The molecule has 1 fully saturated rings. The Morgan fingerprint density at radius 1 is 1.13 bits per heavy atom. The molecule has 0 unspecified atom stereocenters. The third-order valence-electron chi connectivity index (χ3n) is 4.85. The van der Waals surface area contributed by atoms with Gasteiger partial charge < -0.3 is 4.74 Å². The lowest BCUT2D eigenvalue weighted by molar-refractivity contribution is 0.288. The summed E-state index contributed by atoms with van der Waals surface area (Å²) in [6, 6.07) is 9.41. The molecule has 0 heterocycles. The van der Waals surface area contributed by atoms with Gasteiger partial charge >= 0.3 is 0 Å². The average Bonchev–Trinajstić information content (AvgIpc) is 2.61. The minimum atomic E-state index is 0.613. The number of nitrogens with zero attached hydrogens (tertiary/aromatic N) is 1. The summed E-state index contributed by atoms with van der Waals surface area (Å²) in [7, 11) is 0. The van der Waals surface area contributed by atoms with Crippen LogP contribution in [0.4, 0.5) is 0 Å². The molecule has 1 aromatic carbocycles. The number of unbranched alkanes of at least 4 members (excludes halogenated alkanes) is 2. The van der Waals surface area contributed by atoms with E-state index in [1.807, 2.05) is 12.1 Å². The maximum absolute atomic E-state index is 8.76. The number of ether oxygens (including phenoxy) is 1. The van der Waals surface area contributed by atoms with E-state index >= 15 is 0 Å². The molecule has 1 aliphatic rings. The monoisotopic (exact) mass is 311 g/mol. The lowest BCUT2D eigenvalue weighted by Crippen LogP contribution is -2.13. The van der Waals surface area contributed by atoms with Gasteiger partial charge in [-0.15, -0.1) is 0 Å². The van der Waals surface area contributed by atoms with E-state index in [2.05, 4.69) is 25.1 Å². The van der Waals surface area contributed by atoms with E-state index in [9.17, 15) is 0 Å². The average molecular weight is 311 g/mol. The minimum absolute atomic E-state index is 0.613. The molecule has 23 heavy (non-hydrogen) atoms. The quantitative estimate of drug-likeness (QED) is 0.443. The molecule has 1 aromatic rings. The molecule has 0 amide bonds. The molecule has 0 aromatic heterocycles. The molecule has 2 nitrogen and oxygen atoms in total. The maximum atomic E-state index is 8.76. The van der Waals surface area contributed by atoms with E-state index in [1.165, 1.54) is 51.4 Å². The number of benzene rings is 1. The first-order valence-electron chi connectivity index (χ1n) is 9.11. The van der Waals surface area contributed by atoms with Gasteiger partial charge in [-0.1, -0.05) is 44.8 Å². The molecule has 124 valence electrons. The first kappa shape index (κ1) is 17.6. The van der Waals surface area contributed by atoms with Crippen LogP contribution in [-0.4, -0.2) is 6.61 Å². The van der Waals surface area contributed by atoms with Crippen molar-refractivity contribution in [1.82, 2.24) is 0 Å². The Bertz CT molecular complexity index is 504. The first-order chi connectivity index (χ1) is 11.3. The van der Waals surface area contributed by atoms with Crippen molar-refractivity contribution in [1.29, 1.82) is 5.26 Å². The topological polar surface area (TPSA) is 33.0 Å². The molecule has 0 aliphatic heterocycles. The molecule has 2 rings (SSSR count). The van der Waals surface area contributed by atoms with Crippen molar-refractivity contribution >= 4 is 0 Å². The predicted octanol–water partition coefficient (Wildman–Crippen LogP) is 5.88. The third-order valence-corrected chi connectivity index (χ3v) is 4.85. The summed E-state index contributed by atoms with van der Waals surface area (Å²) in [4.78, 5) is 0. The normalized spacial score (nSPS) is 21.2. The van der Waals surface area contributed by atoms with E-state index in [1.54, 1.807) is 12.1 Å². The smallest absolute Gasteiger partial charge is 0.119 e. The Hall–Kier alpha value is -1.75. The predicted molar refractivity (Wildman–Crippen MR) is 95.4 cm³/mol. The highest BCUT2D eigenvalue weighted by molar-refractivity contribution is 5.34. The zero-order valence-electron chi connectivity index (χ0n) is 14.3. The molecule has 0 spiro atoms. The van der Waals surface area contributed by atoms with Crippen LogP contribution in [-0.2, 0) is 0 Å². The first-order valence-corrected chi connectivity index (χ1v) is 9.11. The Morgan fingerprint density at radius 2 is 1.87 bits per heavy atom. The largest absolute Gasteiger partial charge is 0.490 e. The van der Waals surface area contributed by atoms with E-state index in [0.29, 0.717) is 12.2 Å². The SMILES string of the molecule is CCCCCC1CCC(/C=C/COc2ccc(C#N)cc2)CC1. The Kier molecular flexibility index (Phi) is 7.73. The van der Waals surface area contributed by atoms with Crippen molar-refractivity contribution in [2.75, 3.05) is 6.61 Å². The highest BCUT2D eigenvalue weighted by atomic mass is 16.5. The van der Waals surface area contributed by atoms with Crippen LogP contribution in [0.2, 0.25) is 0 Å². The lowest BCUT2D eigenvalue weighted by atomic mass is 9.79. The summed E-state index contributed by atoms with van der Waals surface area (Å²) in [6.07, 6.45) is 15.5.